The molecule has 1 N–H and O–H groups in total. The molecular formula is C26H30ClN3O2. The molecule has 0 atom stereocenters. The van der Waals surface area contributed by atoms with Crippen molar-refractivity contribution in [2.24, 2.45) is 0 Å². The second kappa shape index (κ2) is 10.7. The fraction of sp³-hybridized carbons (Fsp3) is 0.385. The van der Waals surface area contributed by atoms with Gasteiger partial charge in [-0.1, -0.05) is 35.4 Å². The molecular weight excluding hydrogens is 422 g/mol. The van der Waals surface area contributed by atoms with Gasteiger partial charge in [0, 0.05) is 42.5 Å². The average molecular weight is 452 g/mol. The molecule has 168 valence electrons. The van der Waals surface area contributed by atoms with Gasteiger partial charge in [0.2, 0.25) is 0 Å². The van der Waals surface area contributed by atoms with Crippen LogP contribution in [0.15, 0.2) is 60.2 Å². The lowest BCUT2D eigenvalue weighted by Crippen LogP contribution is -2.49. The fourth-order valence-corrected chi connectivity index (χ4v) is 4.47. The number of carbonyl (C=O) groups excluding carboxylic acids is 2. The number of anilines is 1. The van der Waals surface area contributed by atoms with Gasteiger partial charge in [0.25, 0.3) is 5.91 Å². The van der Waals surface area contributed by atoms with E-state index in [4.69, 9.17) is 11.6 Å². The first-order chi connectivity index (χ1) is 15.6. The number of hydrogen-bond donors (Lipinski definition) is 1. The Morgan fingerprint density at radius 3 is 2.47 bits per heavy atom. The summed E-state index contributed by atoms with van der Waals surface area (Å²) in [5.74, 6) is -0.0673. The lowest BCUT2D eigenvalue weighted by molar-refractivity contribution is 0.0954. The van der Waals surface area contributed by atoms with Crippen LogP contribution >= 0.6 is 11.6 Å². The molecule has 0 spiro atoms. The zero-order valence-electron chi connectivity index (χ0n) is 18.4. The minimum Gasteiger partial charge on any atom is -0.352 e. The van der Waals surface area contributed by atoms with Crippen LogP contribution in [0.5, 0.6) is 0 Å². The van der Waals surface area contributed by atoms with Gasteiger partial charge in [-0.2, -0.15) is 0 Å². The molecule has 0 radical (unpaired) electrons. The molecule has 2 aliphatic rings. The van der Waals surface area contributed by atoms with E-state index in [1.165, 1.54) is 18.4 Å². The van der Waals surface area contributed by atoms with Crippen molar-refractivity contribution in [1.82, 2.24) is 10.2 Å². The molecule has 2 aromatic rings. The van der Waals surface area contributed by atoms with E-state index in [1.807, 2.05) is 41.3 Å². The molecule has 5 nitrogen and oxygen atoms in total. The Bertz CT molecular complexity index is 970. The molecule has 0 unspecified atom stereocenters. The highest BCUT2D eigenvalue weighted by Gasteiger charge is 2.26. The van der Waals surface area contributed by atoms with E-state index in [2.05, 4.69) is 11.4 Å². The molecule has 1 heterocycles. The SMILES string of the molecule is O=C(NCCC1=CCCCC1)c1ccc(N2CCCN(Cc3ccc(Cl)cc3)C2=O)cc1. The van der Waals surface area contributed by atoms with E-state index >= 15 is 0 Å². The number of nitrogens with zero attached hydrogens (tertiary/aromatic N) is 2. The van der Waals surface area contributed by atoms with Gasteiger partial charge in [0.05, 0.1) is 0 Å². The molecule has 1 aliphatic carbocycles. The van der Waals surface area contributed by atoms with Crippen LogP contribution < -0.4 is 10.2 Å². The van der Waals surface area contributed by atoms with E-state index in [0.29, 0.717) is 30.2 Å². The van der Waals surface area contributed by atoms with Gasteiger partial charge in [0.1, 0.15) is 0 Å². The lowest BCUT2D eigenvalue weighted by atomic mass is 9.97. The summed E-state index contributed by atoms with van der Waals surface area (Å²) in [6.45, 7) is 2.63. The molecule has 6 heteroatoms. The van der Waals surface area contributed by atoms with Crippen LogP contribution in [0.1, 0.15) is 54.4 Å². The van der Waals surface area contributed by atoms with E-state index in [0.717, 1.165) is 43.5 Å². The molecule has 32 heavy (non-hydrogen) atoms. The van der Waals surface area contributed by atoms with Gasteiger partial charge in [-0.05, 0) is 80.5 Å². The Labute approximate surface area is 195 Å². The van der Waals surface area contributed by atoms with Gasteiger partial charge >= 0.3 is 6.03 Å². The van der Waals surface area contributed by atoms with E-state index in [9.17, 15) is 9.59 Å². The number of carbonyl (C=O) groups is 2. The summed E-state index contributed by atoms with van der Waals surface area (Å²) in [4.78, 5) is 29.2. The first-order valence-electron chi connectivity index (χ1n) is 11.5. The summed E-state index contributed by atoms with van der Waals surface area (Å²) >= 11 is 5.97. The minimum atomic E-state index is -0.0673. The summed E-state index contributed by atoms with van der Waals surface area (Å²) in [5, 5.41) is 3.70. The van der Waals surface area contributed by atoms with Crippen LogP contribution in [0.3, 0.4) is 0 Å². The topological polar surface area (TPSA) is 52.7 Å². The van der Waals surface area contributed by atoms with Gasteiger partial charge in [-0.3, -0.25) is 9.69 Å². The van der Waals surface area contributed by atoms with Crippen molar-refractivity contribution in [2.45, 2.75) is 45.1 Å². The first-order valence-corrected chi connectivity index (χ1v) is 11.8. The third kappa shape index (κ3) is 5.71. The van der Waals surface area contributed by atoms with Gasteiger partial charge in [-0.25, -0.2) is 4.79 Å². The summed E-state index contributed by atoms with van der Waals surface area (Å²) in [7, 11) is 0. The predicted molar refractivity (Wildman–Crippen MR) is 129 cm³/mol. The molecule has 1 aliphatic heterocycles. The van der Waals surface area contributed by atoms with Gasteiger partial charge in [-0.15, -0.1) is 0 Å². The first kappa shape index (κ1) is 22.4. The maximum Gasteiger partial charge on any atom is 0.324 e. The molecule has 1 fully saturated rings. The maximum atomic E-state index is 13.0. The quantitative estimate of drug-likeness (QED) is 0.541. The van der Waals surface area contributed by atoms with Gasteiger partial charge < -0.3 is 10.2 Å². The van der Waals surface area contributed by atoms with Crippen LogP contribution in [0.2, 0.25) is 5.02 Å². The average Bonchev–Trinajstić information content (AvgIpc) is 2.82. The Morgan fingerprint density at radius 2 is 1.75 bits per heavy atom. The monoisotopic (exact) mass is 451 g/mol. The van der Waals surface area contributed by atoms with Crippen LogP contribution in [0, 0.1) is 0 Å². The van der Waals surface area contributed by atoms with Gasteiger partial charge in [0.15, 0.2) is 0 Å². The third-order valence-electron chi connectivity index (χ3n) is 6.16. The molecule has 0 bridgehead atoms. The lowest BCUT2D eigenvalue weighted by Gasteiger charge is -2.35. The molecule has 3 amide bonds. The van der Waals surface area contributed by atoms with Crippen molar-refractivity contribution in [3.63, 3.8) is 0 Å². The Balaban J connectivity index is 1.33. The van der Waals surface area contributed by atoms with Crippen molar-refractivity contribution in [3.05, 3.63) is 76.3 Å². The number of urea groups is 1. The van der Waals surface area contributed by atoms with Crippen molar-refractivity contribution < 1.29 is 9.59 Å². The Morgan fingerprint density at radius 1 is 0.969 bits per heavy atom. The summed E-state index contributed by atoms with van der Waals surface area (Å²) in [5.41, 5.74) is 3.95. The van der Waals surface area contributed by atoms with Crippen molar-refractivity contribution in [1.29, 1.82) is 0 Å². The highest BCUT2D eigenvalue weighted by atomic mass is 35.5. The highest BCUT2D eigenvalue weighted by Crippen LogP contribution is 2.23. The van der Waals surface area contributed by atoms with Crippen LogP contribution in [-0.4, -0.2) is 36.5 Å². The normalized spacial score (nSPS) is 16.7. The number of nitrogens with one attached hydrogen (secondary N) is 1. The number of amides is 3. The molecule has 4 rings (SSSR count). The van der Waals surface area contributed by atoms with E-state index in [-0.39, 0.29) is 11.9 Å². The molecule has 1 saturated heterocycles. The van der Waals surface area contributed by atoms with Crippen molar-refractivity contribution >= 4 is 29.2 Å². The fourth-order valence-electron chi connectivity index (χ4n) is 4.34. The Kier molecular flexibility index (Phi) is 7.48. The number of allylic oxidation sites excluding steroid dienone is 1. The van der Waals surface area contributed by atoms with Crippen LogP contribution in [0.4, 0.5) is 10.5 Å². The standard InChI is InChI=1S/C26H30ClN3O2/c27-23-11-7-21(8-12-23)19-29-17-4-18-30(26(29)32)24-13-9-22(10-14-24)25(31)28-16-15-20-5-2-1-3-6-20/h5,7-14H,1-4,6,15-19H2,(H,28,31). The number of hydrogen-bond acceptors (Lipinski definition) is 2. The second-order valence-electron chi connectivity index (χ2n) is 8.50. The smallest absolute Gasteiger partial charge is 0.324 e. The summed E-state index contributed by atoms with van der Waals surface area (Å²) < 4.78 is 0. The van der Waals surface area contributed by atoms with Crippen molar-refractivity contribution in [2.75, 3.05) is 24.5 Å². The zero-order chi connectivity index (χ0) is 22.3. The number of halogens is 1. The van der Waals surface area contributed by atoms with Crippen LogP contribution in [0.25, 0.3) is 0 Å². The zero-order valence-corrected chi connectivity index (χ0v) is 19.1. The summed E-state index contributed by atoms with van der Waals surface area (Å²) in [6, 6.07) is 14.9. The predicted octanol–water partition coefficient (Wildman–Crippen LogP) is 5.79. The largest absolute Gasteiger partial charge is 0.352 e. The molecule has 2 aromatic carbocycles. The second-order valence-corrected chi connectivity index (χ2v) is 8.93. The highest BCUT2D eigenvalue weighted by molar-refractivity contribution is 6.30. The summed E-state index contributed by atoms with van der Waals surface area (Å²) in [6.07, 6.45) is 9.00. The molecule has 0 saturated carbocycles. The number of benzene rings is 2. The number of rotatable bonds is 7. The van der Waals surface area contributed by atoms with E-state index < -0.39 is 0 Å². The van der Waals surface area contributed by atoms with Crippen LogP contribution in [-0.2, 0) is 6.54 Å². The maximum absolute atomic E-state index is 13.0. The van der Waals surface area contributed by atoms with E-state index in [1.54, 1.807) is 17.0 Å². The molecule has 0 aromatic heterocycles. The Hall–Kier alpha value is -2.79. The third-order valence-corrected chi connectivity index (χ3v) is 6.41. The minimum absolute atomic E-state index is 0.0100. The van der Waals surface area contributed by atoms with Crippen molar-refractivity contribution in [3.8, 4) is 0 Å².